The van der Waals surface area contributed by atoms with Crippen LogP contribution in [0.15, 0.2) is 36.7 Å². The highest BCUT2D eigenvalue weighted by Gasteiger charge is 2.34. The molecule has 1 aromatic heterocycles. The number of hydrogen-bond acceptors (Lipinski definition) is 3. The molecule has 1 aromatic carbocycles. The second-order valence-electron chi connectivity index (χ2n) is 5.32. The van der Waals surface area contributed by atoms with Gasteiger partial charge >= 0.3 is 0 Å². The van der Waals surface area contributed by atoms with Crippen LogP contribution in [0.4, 0.5) is 10.1 Å². The Balaban J connectivity index is 1.74. The molecule has 1 amide bonds. The van der Waals surface area contributed by atoms with E-state index < -0.39 is 0 Å². The normalized spacial score (nSPS) is 21.4. The Labute approximate surface area is 122 Å². The van der Waals surface area contributed by atoms with Crippen LogP contribution in [0, 0.1) is 11.7 Å². The minimum atomic E-state index is -0.360. The molecule has 6 heteroatoms. The number of anilines is 1. The number of halogens is 1. The Morgan fingerprint density at radius 1 is 1.48 bits per heavy atom. The molecule has 0 aliphatic carbocycles. The topological polar surface area (TPSA) is 59.0 Å². The summed E-state index contributed by atoms with van der Waals surface area (Å²) >= 11 is 0. The van der Waals surface area contributed by atoms with E-state index in [-0.39, 0.29) is 23.6 Å². The van der Waals surface area contributed by atoms with Crippen LogP contribution in [0.5, 0.6) is 0 Å². The fourth-order valence-electron chi connectivity index (χ4n) is 2.74. The van der Waals surface area contributed by atoms with Gasteiger partial charge in [-0.15, -0.1) is 0 Å². The molecule has 1 aliphatic rings. The standard InChI is InChI=1S/C15H17FN4O/c1-20-9-10(6-18-20)13-7-17-8-14(13)15(21)19-12-4-2-3-11(16)5-12/h2-6,9,13-14,17H,7-8H2,1H3,(H,19,21)/t13-,14+/m1/s1. The Morgan fingerprint density at radius 3 is 3.05 bits per heavy atom. The van der Waals surface area contributed by atoms with Crippen molar-refractivity contribution in [3.63, 3.8) is 0 Å². The number of amides is 1. The monoisotopic (exact) mass is 288 g/mol. The number of carbonyl (C=O) groups is 1. The SMILES string of the molecule is Cn1cc([C@H]2CNC[C@@H]2C(=O)Nc2cccc(F)c2)cn1. The summed E-state index contributed by atoms with van der Waals surface area (Å²) in [5.74, 6) is -0.551. The zero-order valence-electron chi connectivity index (χ0n) is 11.7. The van der Waals surface area contributed by atoms with Crippen molar-refractivity contribution in [1.82, 2.24) is 15.1 Å². The average Bonchev–Trinajstić information content (AvgIpc) is 3.06. The van der Waals surface area contributed by atoms with Gasteiger partial charge < -0.3 is 10.6 Å². The lowest BCUT2D eigenvalue weighted by molar-refractivity contribution is -0.119. The van der Waals surface area contributed by atoms with Gasteiger partial charge in [0, 0.05) is 37.9 Å². The molecule has 110 valence electrons. The Bertz CT molecular complexity index is 655. The van der Waals surface area contributed by atoms with Crippen LogP contribution in [0.3, 0.4) is 0 Å². The molecule has 1 fully saturated rings. The predicted molar refractivity (Wildman–Crippen MR) is 77.3 cm³/mol. The van der Waals surface area contributed by atoms with E-state index in [4.69, 9.17) is 0 Å². The summed E-state index contributed by atoms with van der Waals surface area (Å²) in [7, 11) is 1.85. The van der Waals surface area contributed by atoms with Gasteiger partial charge in [0.25, 0.3) is 0 Å². The van der Waals surface area contributed by atoms with Crippen molar-refractivity contribution < 1.29 is 9.18 Å². The van der Waals surface area contributed by atoms with Crippen molar-refractivity contribution in [2.24, 2.45) is 13.0 Å². The molecule has 0 radical (unpaired) electrons. The van der Waals surface area contributed by atoms with E-state index in [9.17, 15) is 9.18 Å². The summed E-state index contributed by atoms with van der Waals surface area (Å²) in [5, 5.41) is 10.2. The molecule has 0 bridgehead atoms. The minimum absolute atomic E-state index is 0.0901. The van der Waals surface area contributed by atoms with Gasteiger partial charge in [0.15, 0.2) is 0 Å². The van der Waals surface area contributed by atoms with E-state index in [1.165, 1.54) is 12.1 Å². The third-order valence-electron chi connectivity index (χ3n) is 3.80. The van der Waals surface area contributed by atoms with Crippen molar-refractivity contribution in [3.8, 4) is 0 Å². The molecule has 21 heavy (non-hydrogen) atoms. The highest BCUT2D eigenvalue weighted by Crippen LogP contribution is 2.28. The fourth-order valence-corrected chi connectivity index (χ4v) is 2.74. The van der Waals surface area contributed by atoms with Crippen LogP contribution < -0.4 is 10.6 Å². The Hall–Kier alpha value is -2.21. The Morgan fingerprint density at radius 2 is 2.33 bits per heavy atom. The largest absolute Gasteiger partial charge is 0.326 e. The van der Waals surface area contributed by atoms with E-state index in [0.29, 0.717) is 12.2 Å². The average molecular weight is 288 g/mol. The number of rotatable bonds is 3. The van der Waals surface area contributed by atoms with Gasteiger partial charge in [-0.25, -0.2) is 4.39 Å². The number of carbonyl (C=O) groups excluding carboxylic acids is 1. The zero-order chi connectivity index (χ0) is 14.8. The molecule has 1 saturated heterocycles. The van der Waals surface area contributed by atoms with Gasteiger partial charge in [-0.3, -0.25) is 9.48 Å². The summed E-state index contributed by atoms with van der Waals surface area (Å²) in [6.07, 6.45) is 3.72. The van der Waals surface area contributed by atoms with Crippen molar-refractivity contribution in [2.75, 3.05) is 18.4 Å². The number of aromatic nitrogens is 2. The van der Waals surface area contributed by atoms with Gasteiger partial charge in [-0.1, -0.05) is 6.07 Å². The number of nitrogens with one attached hydrogen (secondary N) is 2. The lowest BCUT2D eigenvalue weighted by Gasteiger charge is -2.17. The third kappa shape index (κ3) is 2.95. The van der Waals surface area contributed by atoms with Crippen LogP contribution >= 0.6 is 0 Å². The molecule has 5 nitrogen and oxygen atoms in total. The summed E-state index contributed by atoms with van der Waals surface area (Å²) in [6, 6.07) is 5.93. The first-order valence-electron chi connectivity index (χ1n) is 6.89. The quantitative estimate of drug-likeness (QED) is 0.900. The molecule has 2 heterocycles. The molecule has 0 saturated carbocycles. The van der Waals surface area contributed by atoms with Crippen LogP contribution in [0.2, 0.25) is 0 Å². The minimum Gasteiger partial charge on any atom is -0.326 e. The fraction of sp³-hybridized carbons (Fsp3) is 0.333. The molecule has 2 aromatic rings. The number of aryl methyl sites for hydroxylation is 1. The molecule has 2 atom stereocenters. The highest BCUT2D eigenvalue weighted by atomic mass is 19.1. The van der Waals surface area contributed by atoms with Crippen LogP contribution in [-0.2, 0) is 11.8 Å². The first kappa shape index (κ1) is 13.8. The second kappa shape index (κ2) is 5.65. The summed E-state index contributed by atoms with van der Waals surface area (Å²) < 4.78 is 14.9. The van der Waals surface area contributed by atoms with Crippen molar-refractivity contribution in [1.29, 1.82) is 0 Å². The van der Waals surface area contributed by atoms with Crippen molar-refractivity contribution in [3.05, 3.63) is 48.0 Å². The lowest BCUT2D eigenvalue weighted by atomic mass is 9.90. The summed E-state index contributed by atoms with van der Waals surface area (Å²) in [5.41, 5.74) is 1.53. The van der Waals surface area contributed by atoms with Crippen LogP contribution in [0.25, 0.3) is 0 Å². The van der Waals surface area contributed by atoms with Gasteiger partial charge in [-0.05, 0) is 23.8 Å². The Kier molecular flexibility index (Phi) is 3.70. The number of hydrogen-bond donors (Lipinski definition) is 2. The van der Waals surface area contributed by atoms with Gasteiger partial charge in [-0.2, -0.15) is 5.10 Å². The van der Waals surface area contributed by atoms with Crippen LogP contribution in [0.1, 0.15) is 11.5 Å². The van der Waals surface area contributed by atoms with E-state index in [1.807, 2.05) is 13.2 Å². The molecule has 1 aliphatic heterocycles. The first-order chi connectivity index (χ1) is 10.1. The van der Waals surface area contributed by atoms with E-state index in [2.05, 4.69) is 15.7 Å². The predicted octanol–water partition coefficient (Wildman–Crippen LogP) is 1.50. The van der Waals surface area contributed by atoms with Gasteiger partial charge in [0.05, 0.1) is 12.1 Å². The van der Waals surface area contributed by atoms with E-state index >= 15 is 0 Å². The third-order valence-corrected chi connectivity index (χ3v) is 3.80. The van der Waals surface area contributed by atoms with Crippen LogP contribution in [-0.4, -0.2) is 28.8 Å². The smallest absolute Gasteiger partial charge is 0.229 e. The highest BCUT2D eigenvalue weighted by molar-refractivity contribution is 5.93. The first-order valence-corrected chi connectivity index (χ1v) is 6.89. The van der Waals surface area contributed by atoms with E-state index in [1.54, 1.807) is 23.0 Å². The van der Waals surface area contributed by atoms with Crippen molar-refractivity contribution >= 4 is 11.6 Å². The van der Waals surface area contributed by atoms with Gasteiger partial charge in [0.2, 0.25) is 5.91 Å². The van der Waals surface area contributed by atoms with E-state index in [0.717, 1.165) is 12.1 Å². The van der Waals surface area contributed by atoms with Gasteiger partial charge in [0.1, 0.15) is 5.82 Å². The molecule has 3 rings (SSSR count). The number of benzene rings is 1. The maximum Gasteiger partial charge on any atom is 0.229 e. The second-order valence-corrected chi connectivity index (χ2v) is 5.32. The molecular formula is C15H17FN4O. The zero-order valence-corrected chi connectivity index (χ0v) is 11.7. The maximum absolute atomic E-state index is 13.2. The molecule has 0 unspecified atom stereocenters. The van der Waals surface area contributed by atoms with Crippen molar-refractivity contribution in [2.45, 2.75) is 5.92 Å². The molecule has 0 spiro atoms. The summed E-state index contributed by atoms with van der Waals surface area (Å²) in [6.45, 7) is 1.35. The maximum atomic E-state index is 13.2. The molecular weight excluding hydrogens is 271 g/mol. The summed E-state index contributed by atoms with van der Waals surface area (Å²) in [4.78, 5) is 12.4. The molecule has 2 N–H and O–H groups in total. The lowest BCUT2D eigenvalue weighted by Crippen LogP contribution is -2.28. The number of nitrogens with zero attached hydrogens (tertiary/aromatic N) is 2.